The number of rotatable bonds is 11. The fourth-order valence-corrected chi connectivity index (χ4v) is 5.64. The Morgan fingerprint density at radius 3 is 2.16 bits per heavy atom. The molecule has 1 unspecified atom stereocenters. The van der Waals surface area contributed by atoms with Gasteiger partial charge in [-0.2, -0.15) is 0 Å². The third-order valence-electron chi connectivity index (χ3n) is 7.79. The van der Waals surface area contributed by atoms with E-state index in [1.165, 1.54) is 21.9 Å². The topological polar surface area (TPSA) is 179 Å². The third kappa shape index (κ3) is 6.78. The van der Waals surface area contributed by atoms with E-state index in [1.807, 2.05) is 0 Å². The predicted molar refractivity (Wildman–Crippen MR) is 159 cm³/mol. The van der Waals surface area contributed by atoms with Crippen molar-refractivity contribution in [1.82, 2.24) is 14.8 Å². The first-order chi connectivity index (χ1) is 20.9. The molecule has 0 radical (unpaired) electrons. The van der Waals surface area contributed by atoms with Crippen LogP contribution in [-0.4, -0.2) is 94.7 Å². The van der Waals surface area contributed by atoms with Crippen molar-refractivity contribution in [3.63, 3.8) is 0 Å². The molecule has 44 heavy (non-hydrogen) atoms. The van der Waals surface area contributed by atoms with Crippen LogP contribution in [0, 0.1) is 0 Å². The average molecular weight is 654 g/mol. The van der Waals surface area contributed by atoms with Crippen molar-refractivity contribution in [2.24, 2.45) is 5.73 Å². The number of esters is 1. The summed E-state index contributed by atoms with van der Waals surface area (Å²) < 4.78 is 16.3. The minimum atomic E-state index is -1.63. The summed E-state index contributed by atoms with van der Waals surface area (Å²) in [5.41, 5.74) is 4.04. The number of carboxylic acids is 1. The van der Waals surface area contributed by atoms with Gasteiger partial charge in [0, 0.05) is 38.0 Å². The number of hydrogen-bond acceptors (Lipinski definition) is 9. The highest BCUT2D eigenvalue weighted by Gasteiger charge is 2.48. The monoisotopic (exact) mass is 652 g/mol. The standard InChI is InChI=1S/C29H34Cl2N4O9/c1-3-42-21(36)7-6-16(26(38)34-10-12-35(13-11-34)28(41)43-4-2)23-22(25(32)37)24(44-29(27(39)40)8-5-9-29)17-14-18(30)19(31)15-20(17)33-23/h14-16H,3-13H2,1-2H3,(H2,32,37)(H,39,40). The van der Waals surface area contributed by atoms with Crippen LogP contribution in [0.3, 0.4) is 0 Å². The summed E-state index contributed by atoms with van der Waals surface area (Å²) in [7, 11) is 0. The Morgan fingerprint density at radius 1 is 1.00 bits per heavy atom. The van der Waals surface area contributed by atoms with E-state index in [-0.39, 0.29) is 103 Å². The van der Waals surface area contributed by atoms with E-state index >= 15 is 0 Å². The molecular weight excluding hydrogens is 619 g/mol. The van der Waals surface area contributed by atoms with Gasteiger partial charge in [-0.3, -0.25) is 19.4 Å². The number of benzene rings is 1. The van der Waals surface area contributed by atoms with Crippen molar-refractivity contribution < 1.29 is 43.3 Å². The Hall–Kier alpha value is -3.84. The second-order valence-electron chi connectivity index (χ2n) is 10.5. The van der Waals surface area contributed by atoms with Crippen LogP contribution in [0.2, 0.25) is 10.0 Å². The van der Waals surface area contributed by atoms with Crippen LogP contribution in [0.1, 0.15) is 67.9 Å². The van der Waals surface area contributed by atoms with Crippen molar-refractivity contribution in [2.45, 2.75) is 57.5 Å². The van der Waals surface area contributed by atoms with Crippen LogP contribution >= 0.6 is 23.2 Å². The number of nitrogens with two attached hydrogens (primary N) is 1. The number of aromatic nitrogens is 1. The predicted octanol–water partition coefficient (Wildman–Crippen LogP) is 3.75. The maximum absolute atomic E-state index is 14.1. The molecule has 2 heterocycles. The first-order valence-electron chi connectivity index (χ1n) is 14.3. The molecule has 1 atom stereocenters. The van der Waals surface area contributed by atoms with Crippen LogP contribution in [0.15, 0.2) is 12.1 Å². The number of nitrogens with zero attached hydrogens (tertiary/aromatic N) is 3. The molecule has 1 aliphatic heterocycles. The van der Waals surface area contributed by atoms with Crippen molar-refractivity contribution in [3.8, 4) is 5.75 Å². The molecule has 2 aliphatic rings. The number of ether oxygens (including phenoxy) is 3. The molecule has 1 saturated carbocycles. The molecule has 2 fully saturated rings. The van der Waals surface area contributed by atoms with Gasteiger partial charge in [-0.1, -0.05) is 23.2 Å². The fraction of sp³-hybridized carbons (Fsp3) is 0.517. The van der Waals surface area contributed by atoms with Crippen LogP contribution in [0.5, 0.6) is 5.75 Å². The Bertz CT molecular complexity index is 1470. The number of carbonyl (C=O) groups is 5. The number of aliphatic carboxylic acids is 1. The Morgan fingerprint density at radius 2 is 1.61 bits per heavy atom. The number of carbonyl (C=O) groups excluding carboxylic acids is 4. The number of halogens is 2. The molecule has 1 aromatic carbocycles. The van der Waals surface area contributed by atoms with Gasteiger partial charge in [-0.05, 0) is 51.7 Å². The maximum Gasteiger partial charge on any atom is 0.409 e. The van der Waals surface area contributed by atoms with E-state index in [4.69, 9.17) is 43.1 Å². The Kier molecular flexibility index (Phi) is 10.4. The molecular formula is C29H34Cl2N4O9. The molecule has 4 rings (SSSR count). The van der Waals surface area contributed by atoms with Gasteiger partial charge in [0.15, 0.2) is 0 Å². The molecule has 1 saturated heterocycles. The molecule has 3 amide bonds. The van der Waals surface area contributed by atoms with Gasteiger partial charge in [0.2, 0.25) is 11.5 Å². The number of carboxylic acid groups (broad SMARTS) is 1. The smallest absolute Gasteiger partial charge is 0.409 e. The van der Waals surface area contributed by atoms with Crippen LogP contribution < -0.4 is 10.5 Å². The summed E-state index contributed by atoms with van der Waals surface area (Å²) in [6.07, 6.45) is 0.139. The lowest BCUT2D eigenvalue weighted by Gasteiger charge is -2.39. The molecule has 1 aromatic heterocycles. The number of primary amides is 1. The largest absolute Gasteiger partial charge is 0.478 e. The Labute approximate surface area is 263 Å². The van der Waals surface area contributed by atoms with Gasteiger partial charge < -0.3 is 34.9 Å². The van der Waals surface area contributed by atoms with Crippen molar-refractivity contribution >= 4 is 64.0 Å². The quantitative estimate of drug-likeness (QED) is 0.339. The Balaban J connectivity index is 1.84. The molecule has 0 bridgehead atoms. The molecule has 238 valence electrons. The average Bonchev–Trinajstić information content (AvgIpc) is 2.95. The van der Waals surface area contributed by atoms with E-state index in [0.29, 0.717) is 6.42 Å². The lowest BCUT2D eigenvalue weighted by atomic mass is 9.80. The normalized spacial score (nSPS) is 16.5. The van der Waals surface area contributed by atoms with Crippen molar-refractivity contribution in [2.75, 3.05) is 39.4 Å². The van der Waals surface area contributed by atoms with Crippen molar-refractivity contribution in [3.05, 3.63) is 33.4 Å². The molecule has 0 spiro atoms. The summed E-state index contributed by atoms with van der Waals surface area (Å²) in [6, 6.07) is 2.82. The SMILES string of the molecule is CCOC(=O)CCC(C(=O)N1CCN(C(=O)OCC)CC1)c1nc2cc(Cl)c(Cl)cc2c(OC2(C(=O)O)CCC2)c1C(N)=O. The molecule has 2 aromatic rings. The van der Waals surface area contributed by atoms with Gasteiger partial charge in [0.05, 0.1) is 40.4 Å². The van der Waals surface area contributed by atoms with Crippen LogP contribution in [0.4, 0.5) is 4.79 Å². The van der Waals surface area contributed by atoms with Gasteiger partial charge >= 0.3 is 18.0 Å². The van der Waals surface area contributed by atoms with Gasteiger partial charge in [-0.25, -0.2) is 9.59 Å². The summed E-state index contributed by atoms with van der Waals surface area (Å²) >= 11 is 12.6. The van der Waals surface area contributed by atoms with Crippen LogP contribution in [0.25, 0.3) is 10.9 Å². The lowest BCUT2D eigenvalue weighted by molar-refractivity contribution is -0.163. The minimum absolute atomic E-state index is 0.0969. The lowest BCUT2D eigenvalue weighted by Crippen LogP contribution is -2.52. The third-order valence-corrected chi connectivity index (χ3v) is 8.51. The number of amides is 3. The van der Waals surface area contributed by atoms with Crippen LogP contribution in [-0.2, 0) is 23.9 Å². The second-order valence-corrected chi connectivity index (χ2v) is 11.3. The summed E-state index contributed by atoms with van der Waals surface area (Å²) in [5.74, 6) is -4.66. The summed E-state index contributed by atoms with van der Waals surface area (Å²) in [5, 5.41) is 10.4. The van der Waals surface area contributed by atoms with Gasteiger partial charge in [-0.15, -0.1) is 0 Å². The highest BCUT2D eigenvalue weighted by molar-refractivity contribution is 6.42. The zero-order valence-corrected chi connectivity index (χ0v) is 25.9. The van der Waals surface area contributed by atoms with Gasteiger partial charge in [0.1, 0.15) is 11.3 Å². The molecule has 3 N–H and O–H groups in total. The zero-order chi connectivity index (χ0) is 32.2. The molecule has 13 nitrogen and oxygen atoms in total. The number of piperazine rings is 1. The fourth-order valence-electron chi connectivity index (χ4n) is 5.31. The highest BCUT2D eigenvalue weighted by Crippen LogP contribution is 2.44. The van der Waals surface area contributed by atoms with E-state index in [2.05, 4.69) is 4.98 Å². The second kappa shape index (κ2) is 13.9. The number of fused-ring (bicyclic) bond motifs is 1. The van der Waals surface area contributed by atoms with Gasteiger partial charge in [0.25, 0.3) is 5.91 Å². The number of hydrogen-bond donors (Lipinski definition) is 2. The maximum atomic E-state index is 14.1. The molecule has 15 heteroatoms. The van der Waals surface area contributed by atoms with E-state index in [0.717, 1.165) is 0 Å². The first-order valence-corrected chi connectivity index (χ1v) is 15.1. The summed E-state index contributed by atoms with van der Waals surface area (Å²) in [6.45, 7) is 4.39. The first kappa shape index (κ1) is 33.1. The zero-order valence-electron chi connectivity index (χ0n) is 24.4. The number of pyridine rings is 1. The molecule has 1 aliphatic carbocycles. The van der Waals surface area contributed by atoms with Crippen molar-refractivity contribution in [1.29, 1.82) is 0 Å². The minimum Gasteiger partial charge on any atom is -0.478 e. The van der Waals surface area contributed by atoms with E-state index in [1.54, 1.807) is 13.8 Å². The summed E-state index contributed by atoms with van der Waals surface area (Å²) in [4.78, 5) is 71.8. The highest BCUT2D eigenvalue weighted by atomic mass is 35.5. The van der Waals surface area contributed by atoms with E-state index < -0.39 is 41.4 Å². The van der Waals surface area contributed by atoms with E-state index in [9.17, 15) is 29.1 Å².